The van der Waals surface area contributed by atoms with Crippen molar-refractivity contribution in [2.45, 2.75) is 225 Å². The van der Waals surface area contributed by atoms with Crippen molar-refractivity contribution < 1.29 is 34.4 Å². The van der Waals surface area contributed by atoms with Crippen LogP contribution in [-0.4, -0.2) is 58.8 Å². The first kappa shape index (κ1) is 52.8. The molecule has 1 unspecified atom stereocenters. The van der Waals surface area contributed by atoms with Crippen LogP contribution < -0.4 is 0 Å². The second-order valence-electron chi connectivity index (χ2n) is 15.8. The van der Waals surface area contributed by atoms with Crippen LogP contribution in [0.5, 0.6) is 0 Å². The van der Waals surface area contributed by atoms with E-state index >= 15 is 0 Å². The van der Waals surface area contributed by atoms with Gasteiger partial charge in [-0.05, 0) is 38.0 Å². The third-order valence-corrected chi connectivity index (χ3v) is 10.4. The Balaban J connectivity index is 3.70. The Labute approximate surface area is 338 Å². The van der Waals surface area contributed by atoms with Crippen molar-refractivity contribution in [1.82, 2.24) is 0 Å². The normalized spacial score (nSPS) is 14.4. The maximum absolute atomic E-state index is 12.2. The molecule has 0 aliphatic heterocycles. The maximum atomic E-state index is 12.2. The average Bonchev–Trinajstić information content (AvgIpc) is 3.17. The summed E-state index contributed by atoms with van der Waals surface area (Å²) in [5, 5.41) is 29.6. The molecule has 7 nitrogen and oxygen atoms in total. The lowest BCUT2D eigenvalue weighted by Gasteiger charge is -2.16. The van der Waals surface area contributed by atoms with Gasteiger partial charge in [0, 0.05) is 12.8 Å². The van der Waals surface area contributed by atoms with Gasteiger partial charge in [-0.1, -0.05) is 211 Å². The van der Waals surface area contributed by atoms with Gasteiger partial charge in [-0.2, -0.15) is 0 Å². The number of rotatable bonds is 40. The summed E-state index contributed by atoms with van der Waals surface area (Å²) in [5.41, 5.74) is 0. The van der Waals surface area contributed by atoms with Crippen LogP contribution in [0.3, 0.4) is 0 Å². The molecule has 0 amide bonds. The molecule has 0 saturated heterocycles. The molecule has 0 bridgehead atoms. The molecule has 0 rings (SSSR count). The summed E-state index contributed by atoms with van der Waals surface area (Å²) >= 11 is 0. The Morgan fingerprint density at radius 2 is 0.982 bits per heavy atom. The summed E-state index contributed by atoms with van der Waals surface area (Å²) in [6.45, 7) is 6.25. The minimum Gasteiger partial charge on any atom is -0.462 e. The van der Waals surface area contributed by atoms with E-state index in [1.165, 1.54) is 109 Å². The van der Waals surface area contributed by atoms with Gasteiger partial charge in [0.2, 0.25) is 0 Å². The molecule has 0 aromatic heterocycles. The Morgan fingerprint density at radius 1 is 0.545 bits per heavy atom. The van der Waals surface area contributed by atoms with Crippen molar-refractivity contribution >= 4 is 11.9 Å². The standard InChI is InChI=1S/C48H86O7/c1-4-6-28-35-44(50)36-30-25-21-19-22-26-31-37-45(51)38-33-40-47(52)54-42-46(41-49)55-48(53)39-32-27-23-18-16-14-12-10-8-7-9-11-13-15-17-20-24-29-34-43(3)5-2/h21-22,25-26,30-31,36-37,43-46,49-51H,4-20,23-24,27-29,32-35,38-42H2,1-3H3/b25-21-,26-22-,36-30+,37-31+/t43?,44-,45-,46-/m0/s1. The molecule has 0 aliphatic rings. The van der Waals surface area contributed by atoms with Crippen LogP contribution in [0, 0.1) is 5.92 Å². The molecule has 320 valence electrons. The van der Waals surface area contributed by atoms with Crippen LogP contribution in [0.2, 0.25) is 0 Å². The molecule has 0 aromatic rings. The average molecular weight is 775 g/mol. The SMILES string of the molecule is CCCCC[C@H](O)/C=C/C=C\C/C=C\C=C\[C@H](O)CCCC(=O)OC[C@H](CO)OC(=O)CCCCCCCCCCCCCCCCCCCCC(C)CC. The number of esters is 2. The Morgan fingerprint density at radius 3 is 1.45 bits per heavy atom. The van der Waals surface area contributed by atoms with Gasteiger partial charge < -0.3 is 24.8 Å². The fraction of sp³-hybridized carbons (Fsp3) is 0.792. The lowest BCUT2D eigenvalue weighted by atomic mass is 9.99. The monoisotopic (exact) mass is 775 g/mol. The topological polar surface area (TPSA) is 113 Å². The van der Waals surface area contributed by atoms with E-state index in [4.69, 9.17) is 9.47 Å². The summed E-state index contributed by atoms with van der Waals surface area (Å²) in [5.74, 6) is 0.0911. The Hall–Kier alpha value is -2.22. The predicted octanol–water partition coefficient (Wildman–Crippen LogP) is 12.4. The number of aliphatic hydroxyl groups is 3. The van der Waals surface area contributed by atoms with Crippen LogP contribution >= 0.6 is 0 Å². The van der Waals surface area contributed by atoms with Crippen molar-refractivity contribution in [3.8, 4) is 0 Å². The van der Waals surface area contributed by atoms with E-state index in [-0.39, 0.29) is 25.1 Å². The fourth-order valence-electron chi connectivity index (χ4n) is 6.45. The Kier molecular flexibility index (Phi) is 39.7. The van der Waals surface area contributed by atoms with E-state index in [0.717, 1.165) is 57.3 Å². The number of carbonyl (C=O) groups is 2. The van der Waals surface area contributed by atoms with Gasteiger partial charge in [0.05, 0.1) is 18.8 Å². The molecule has 0 aliphatic carbocycles. The zero-order valence-electron chi connectivity index (χ0n) is 35.8. The molecule has 0 heterocycles. The number of unbranched alkanes of at least 4 members (excludes halogenated alkanes) is 19. The fourth-order valence-corrected chi connectivity index (χ4v) is 6.45. The zero-order valence-corrected chi connectivity index (χ0v) is 35.8. The minimum absolute atomic E-state index is 0.136. The molecule has 0 radical (unpaired) electrons. The molecular formula is C48H86O7. The number of hydrogen-bond acceptors (Lipinski definition) is 7. The predicted molar refractivity (Wildman–Crippen MR) is 231 cm³/mol. The summed E-state index contributed by atoms with van der Waals surface area (Å²) in [6.07, 6.45) is 45.3. The molecule has 4 atom stereocenters. The van der Waals surface area contributed by atoms with Crippen LogP contribution in [0.1, 0.15) is 207 Å². The van der Waals surface area contributed by atoms with Gasteiger partial charge in [0.15, 0.2) is 6.10 Å². The van der Waals surface area contributed by atoms with Crippen LogP contribution in [0.25, 0.3) is 0 Å². The lowest BCUT2D eigenvalue weighted by Crippen LogP contribution is -2.28. The van der Waals surface area contributed by atoms with E-state index < -0.39 is 24.8 Å². The number of allylic oxidation sites excluding steroid dienone is 6. The smallest absolute Gasteiger partial charge is 0.306 e. The first-order valence-corrected chi connectivity index (χ1v) is 22.8. The molecule has 0 fully saturated rings. The minimum atomic E-state index is -0.858. The van der Waals surface area contributed by atoms with E-state index in [1.807, 2.05) is 36.5 Å². The molecule has 0 spiro atoms. The van der Waals surface area contributed by atoms with Crippen molar-refractivity contribution in [3.63, 3.8) is 0 Å². The number of carbonyl (C=O) groups excluding carboxylic acids is 2. The summed E-state index contributed by atoms with van der Waals surface area (Å²) in [4.78, 5) is 24.4. The van der Waals surface area contributed by atoms with Crippen molar-refractivity contribution in [2.24, 2.45) is 5.92 Å². The van der Waals surface area contributed by atoms with Crippen molar-refractivity contribution in [3.05, 3.63) is 48.6 Å². The number of ether oxygens (including phenoxy) is 2. The van der Waals surface area contributed by atoms with Crippen LogP contribution in [0.4, 0.5) is 0 Å². The number of aliphatic hydroxyl groups excluding tert-OH is 3. The molecule has 0 aromatic carbocycles. The second kappa shape index (κ2) is 41.4. The van der Waals surface area contributed by atoms with Crippen LogP contribution in [-0.2, 0) is 19.1 Å². The third-order valence-electron chi connectivity index (χ3n) is 10.4. The van der Waals surface area contributed by atoms with E-state index in [2.05, 4.69) is 20.8 Å². The summed E-state index contributed by atoms with van der Waals surface area (Å²) < 4.78 is 10.5. The molecule has 55 heavy (non-hydrogen) atoms. The van der Waals surface area contributed by atoms with E-state index in [1.54, 1.807) is 12.2 Å². The van der Waals surface area contributed by atoms with Crippen molar-refractivity contribution in [2.75, 3.05) is 13.2 Å². The zero-order chi connectivity index (χ0) is 40.5. The summed E-state index contributed by atoms with van der Waals surface area (Å²) in [7, 11) is 0. The van der Waals surface area contributed by atoms with Gasteiger partial charge in [-0.25, -0.2) is 0 Å². The van der Waals surface area contributed by atoms with E-state index in [0.29, 0.717) is 19.3 Å². The molecule has 0 saturated carbocycles. The molecule has 3 N–H and O–H groups in total. The van der Waals surface area contributed by atoms with Gasteiger partial charge in [-0.3, -0.25) is 9.59 Å². The molecular weight excluding hydrogens is 689 g/mol. The summed E-state index contributed by atoms with van der Waals surface area (Å²) in [6, 6.07) is 0. The van der Waals surface area contributed by atoms with Gasteiger partial charge >= 0.3 is 11.9 Å². The van der Waals surface area contributed by atoms with Crippen molar-refractivity contribution in [1.29, 1.82) is 0 Å². The van der Waals surface area contributed by atoms with Gasteiger partial charge in [0.25, 0.3) is 0 Å². The maximum Gasteiger partial charge on any atom is 0.306 e. The highest BCUT2D eigenvalue weighted by Crippen LogP contribution is 2.17. The Bertz CT molecular complexity index is 971. The first-order valence-electron chi connectivity index (χ1n) is 22.8. The quantitative estimate of drug-likeness (QED) is 0.0323. The molecule has 7 heteroatoms. The van der Waals surface area contributed by atoms with Gasteiger partial charge in [-0.15, -0.1) is 0 Å². The van der Waals surface area contributed by atoms with Gasteiger partial charge in [0.1, 0.15) is 6.61 Å². The highest BCUT2D eigenvalue weighted by Gasteiger charge is 2.16. The van der Waals surface area contributed by atoms with Crippen LogP contribution in [0.15, 0.2) is 48.6 Å². The third kappa shape index (κ3) is 39.8. The lowest BCUT2D eigenvalue weighted by molar-refractivity contribution is -0.161. The number of hydrogen-bond donors (Lipinski definition) is 3. The first-order chi connectivity index (χ1) is 26.8. The largest absolute Gasteiger partial charge is 0.462 e. The van der Waals surface area contributed by atoms with E-state index in [9.17, 15) is 24.9 Å². The second-order valence-corrected chi connectivity index (χ2v) is 15.8. The highest BCUT2D eigenvalue weighted by molar-refractivity contribution is 5.70. The highest BCUT2D eigenvalue weighted by atomic mass is 16.6.